The summed E-state index contributed by atoms with van der Waals surface area (Å²) < 4.78 is 40.3. The van der Waals surface area contributed by atoms with E-state index in [1.54, 1.807) is 6.07 Å². The summed E-state index contributed by atoms with van der Waals surface area (Å²) in [6.07, 6.45) is -2.35. The molecule has 3 rings (SSSR count). The number of alkyl halides is 2. The lowest BCUT2D eigenvalue weighted by Gasteiger charge is -2.08. The van der Waals surface area contributed by atoms with Gasteiger partial charge in [-0.2, -0.15) is 0 Å². The van der Waals surface area contributed by atoms with Gasteiger partial charge < -0.3 is 24.1 Å². The molecule has 10 heteroatoms. The highest BCUT2D eigenvalue weighted by Crippen LogP contribution is 2.42. The number of ether oxygens (including phenoxy) is 3. The minimum absolute atomic E-state index is 0.158. The molecule has 8 nitrogen and oxygen atoms in total. The van der Waals surface area contributed by atoms with Crippen LogP contribution in [0.2, 0.25) is 0 Å². The lowest BCUT2D eigenvalue weighted by molar-refractivity contribution is -0.286. The normalized spacial score (nSPS) is 13.9. The van der Waals surface area contributed by atoms with Crippen molar-refractivity contribution in [1.82, 2.24) is 4.57 Å². The number of pyridine rings is 1. The first-order valence-electron chi connectivity index (χ1n) is 7.33. The van der Waals surface area contributed by atoms with Gasteiger partial charge in [-0.15, -0.1) is 8.78 Å². The first-order valence-corrected chi connectivity index (χ1v) is 7.33. The Bertz CT molecular complexity index is 912. The maximum atomic E-state index is 12.9. The van der Waals surface area contributed by atoms with Crippen LogP contribution in [0, 0.1) is 0 Å². The summed E-state index contributed by atoms with van der Waals surface area (Å²) in [5.41, 5.74) is -0.226. The first-order chi connectivity index (χ1) is 12.3. The van der Waals surface area contributed by atoms with E-state index in [0.717, 1.165) is 10.6 Å². The third-order valence-electron chi connectivity index (χ3n) is 3.25. The lowest BCUT2D eigenvalue weighted by Crippen LogP contribution is -2.27. The average Bonchev–Trinajstić information content (AvgIpc) is 2.88. The Balaban J connectivity index is 1.51. The van der Waals surface area contributed by atoms with E-state index in [0.29, 0.717) is 0 Å². The van der Waals surface area contributed by atoms with Crippen molar-refractivity contribution in [2.24, 2.45) is 0 Å². The number of carbonyl (C=O) groups is 2. The SMILES string of the molecule is O=C(COC(=O)Cn1ccccc1=O)Nc1ccc2c(c1)OC(F)(F)O2. The van der Waals surface area contributed by atoms with Crippen LogP contribution < -0.4 is 20.3 Å². The van der Waals surface area contributed by atoms with Crippen LogP contribution in [0.3, 0.4) is 0 Å². The van der Waals surface area contributed by atoms with Gasteiger partial charge in [0.1, 0.15) is 6.54 Å². The van der Waals surface area contributed by atoms with Crippen LogP contribution in [0.15, 0.2) is 47.4 Å². The summed E-state index contributed by atoms with van der Waals surface area (Å²) in [5, 5.41) is 2.36. The Morgan fingerprint density at radius 3 is 2.69 bits per heavy atom. The van der Waals surface area contributed by atoms with Gasteiger partial charge in [0.15, 0.2) is 18.1 Å². The molecule has 0 radical (unpaired) electrons. The highest BCUT2D eigenvalue weighted by atomic mass is 19.3. The molecule has 0 aliphatic carbocycles. The van der Waals surface area contributed by atoms with Crippen LogP contribution in [0.5, 0.6) is 11.5 Å². The number of benzene rings is 1. The molecule has 1 N–H and O–H groups in total. The second-order valence-corrected chi connectivity index (χ2v) is 5.20. The number of anilines is 1. The average molecular weight is 366 g/mol. The van der Waals surface area contributed by atoms with Gasteiger partial charge in [-0.05, 0) is 18.2 Å². The molecule has 26 heavy (non-hydrogen) atoms. The van der Waals surface area contributed by atoms with Crippen molar-refractivity contribution in [3.63, 3.8) is 0 Å². The summed E-state index contributed by atoms with van der Waals surface area (Å²) >= 11 is 0. The summed E-state index contributed by atoms with van der Waals surface area (Å²) in [4.78, 5) is 34.9. The van der Waals surface area contributed by atoms with Crippen molar-refractivity contribution in [3.8, 4) is 11.5 Å². The molecule has 0 saturated heterocycles. The van der Waals surface area contributed by atoms with E-state index < -0.39 is 24.8 Å². The molecule has 1 amide bonds. The number of fused-ring (bicyclic) bond motifs is 1. The number of hydrogen-bond donors (Lipinski definition) is 1. The number of nitrogens with zero attached hydrogens (tertiary/aromatic N) is 1. The Hall–Kier alpha value is -3.43. The molecule has 0 bridgehead atoms. The molecule has 0 spiro atoms. The molecular weight excluding hydrogens is 354 g/mol. The standard InChI is InChI=1S/C16H12F2N2O6/c17-16(18)25-11-5-4-10(7-12(11)26-16)19-13(21)9-24-15(23)8-20-6-2-1-3-14(20)22/h1-7H,8-9H2,(H,19,21). The molecule has 2 aromatic rings. The molecule has 2 heterocycles. The highest BCUT2D eigenvalue weighted by molar-refractivity contribution is 5.93. The van der Waals surface area contributed by atoms with Crippen LogP contribution in [-0.2, 0) is 20.9 Å². The minimum atomic E-state index is -3.75. The summed E-state index contributed by atoms with van der Waals surface area (Å²) in [5.74, 6) is -1.86. The van der Waals surface area contributed by atoms with Crippen molar-refractivity contribution in [2.45, 2.75) is 12.8 Å². The maximum absolute atomic E-state index is 12.9. The van der Waals surface area contributed by atoms with E-state index in [9.17, 15) is 23.2 Å². The van der Waals surface area contributed by atoms with Gasteiger partial charge in [-0.3, -0.25) is 14.4 Å². The van der Waals surface area contributed by atoms with Gasteiger partial charge in [0.05, 0.1) is 0 Å². The fourth-order valence-electron chi connectivity index (χ4n) is 2.15. The summed E-state index contributed by atoms with van der Waals surface area (Å²) in [6.45, 7) is -0.947. The van der Waals surface area contributed by atoms with E-state index in [2.05, 4.69) is 14.8 Å². The quantitative estimate of drug-likeness (QED) is 0.803. The third-order valence-corrected chi connectivity index (χ3v) is 3.25. The second-order valence-electron chi connectivity index (χ2n) is 5.20. The Morgan fingerprint density at radius 1 is 1.15 bits per heavy atom. The monoisotopic (exact) mass is 366 g/mol. The zero-order chi connectivity index (χ0) is 18.7. The second kappa shape index (κ2) is 6.82. The van der Waals surface area contributed by atoms with Crippen LogP contribution >= 0.6 is 0 Å². The van der Waals surface area contributed by atoms with E-state index in [1.807, 2.05) is 0 Å². The van der Waals surface area contributed by atoms with Crippen LogP contribution in [0.25, 0.3) is 0 Å². The van der Waals surface area contributed by atoms with Gasteiger partial charge in [0.2, 0.25) is 0 Å². The number of esters is 1. The van der Waals surface area contributed by atoms with Crippen molar-refractivity contribution >= 4 is 17.6 Å². The largest absolute Gasteiger partial charge is 0.586 e. The molecule has 1 aliphatic rings. The topological polar surface area (TPSA) is 95.9 Å². The molecular formula is C16H12F2N2O6. The molecule has 1 aromatic carbocycles. The van der Waals surface area contributed by atoms with Gasteiger partial charge >= 0.3 is 12.3 Å². The Kier molecular flexibility index (Phi) is 4.57. The number of halogens is 2. The molecule has 0 atom stereocenters. The smallest absolute Gasteiger partial charge is 0.454 e. The number of amides is 1. The van der Waals surface area contributed by atoms with Gasteiger partial charge in [0, 0.05) is 24.0 Å². The number of aromatic nitrogens is 1. The molecule has 1 aliphatic heterocycles. The predicted octanol–water partition coefficient (Wildman–Crippen LogP) is 1.35. The number of hydrogen-bond acceptors (Lipinski definition) is 6. The van der Waals surface area contributed by atoms with Crippen LogP contribution in [0.4, 0.5) is 14.5 Å². The minimum Gasteiger partial charge on any atom is -0.454 e. The summed E-state index contributed by atoms with van der Waals surface area (Å²) in [6, 6.07) is 8.07. The zero-order valence-electron chi connectivity index (χ0n) is 13.1. The fourth-order valence-corrected chi connectivity index (χ4v) is 2.15. The lowest BCUT2D eigenvalue weighted by atomic mass is 10.3. The van der Waals surface area contributed by atoms with Crippen molar-refractivity contribution in [1.29, 1.82) is 0 Å². The highest BCUT2D eigenvalue weighted by Gasteiger charge is 2.43. The molecule has 1 aromatic heterocycles. The van der Waals surface area contributed by atoms with Crippen molar-refractivity contribution in [3.05, 3.63) is 52.9 Å². The molecule has 0 fully saturated rings. The Labute approximate surface area is 144 Å². The number of rotatable bonds is 5. The van der Waals surface area contributed by atoms with E-state index in [-0.39, 0.29) is 29.3 Å². The van der Waals surface area contributed by atoms with Crippen LogP contribution in [-0.4, -0.2) is 29.3 Å². The van der Waals surface area contributed by atoms with E-state index >= 15 is 0 Å². The molecule has 136 valence electrons. The molecule has 0 unspecified atom stereocenters. The van der Waals surface area contributed by atoms with Gasteiger partial charge in [-0.25, -0.2) is 0 Å². The first kappa shape index (κ1) is 17.4. The van der Waals surface area contributed by atoms with Crippen molar-refractivity contribution in [2.75, 3.05) is 11.9 Å². The summed E-state index contributed by atoms with van der Waals surface area (Å²) in [7, 11) is 0. The van der Waals surface area contributed by atoms with Crippen molar-refractivity contribution < 1.29 is 32.6 Å². The Morgan fingerprint density at radius 2 is 1.92 bits per heavy atom. The van der Waals surface area contributed by atoms with E-state index in [4.69, 9.17) is 4.74 Å². The van der Waals surface area contributed by atoms with E-state index in [1.165, 1.54) is 30.5 Å². The van der Waals surface area contributed by atoms with Gasteiger partial charge in [0.25, 0.3) is 11.5 Å². The zero-order valence-corrected chi connectivity index (χ0v) is 13.1. The predicted molar refractivity (Wildman–Crippen MR) is 82.9 cm³/mol. The van der Waals surface area contributed by atoms with Gasteiger partial charge in [-0.1, -0.05) is 6.07 Å². The maximum Gasteiger partial charge on any atom is 0.586 e. The van der Waals surface area contributed by atoms with Crippen LogP contribution in [0.1, 0.15) is 0 Å². The fraction of sp³-hybridized carbons (Fsp3) is 0.188. The number of carbonyl (C=O) groups excluding carboxylic acids is 2. The molecule has 0 saturated carbocycles. The third kappa shape index (κ3) is 4.15. The number of nitrogens with one attached hydrogen (secondary N) is 1.